The summed E-state index contributed by atoms with van der Waals surface area (Å²) in [5.74, 6) is -0.295. The van der Waals surface area contributed by atoms with Crippen LogP contribution >= 0.6 is 0 Å². The number of benzene rings is 2. The van der Waals surface area contributed by atoms with Crippen LogP contribution in [0, 0.1) is 5.92 Å². The lowest BCUT2D eigenvalue weighted by Crippen LogP contribution is -2.50. The quantitative estimate of drug-likeness (QED) is 0.427. The number of carbonyl (C=O) groups is 1. The molecule has 1 N–H and O–H groups in total. The van der Waals surface area contributed by atoms with Gasteiger partial charge in [0.15, 0.2) is 12.0 Å². The number of aliphatic hydroxyl groups is 1. The molecule has 0 aliphatic carbocycles. The van der Waals surface area contributed by atoms with Crippen LogP contribution in [0.4, 0.5) is 23.2 Å². The topological polar surface area (TPSA) is 83.7 Å². The van der Waals surface area contributed by atoms with Crippen molar-refractivity contribution in [3.05, 3.63) is 76.4 Å². The molecule has 41 heavy (non-hydrogen) atoms. The summed E-state index contributed by atoms with van der Waals surface area (Å²) in [5, 5.41) is 17.2. The van der Waals surface area contributed by atoms with Crippen LogP contribution in [0.3, 0.4) is 0 Å². The van der Waals surface area contributed by atoms with E-state index < -0.39 is 29.2 Å². The first-order valence-electron chi connectivity index (χ1n) is 13.6. The Morgan fingerprint density at radius 1 is 1.22 bits per heavy atom. The second-order valence-corrected chi connectivity index (χ2v) is 11.3. The maximum Gasteiger partial charge on any atom is 0.416 e. The van der Waals surface area contributed by atoms with Gasteiger partial charge in [-0.05, 0) is 66.3 Å². The Kier molecular flexibility index (Phi) is 7.11. The summed E-state index contributed by atoms with van der Waals surface area (Å²) in [4.78, 5) is 17.0. The van der Waals surface area contributed by atoms with E-state index in [2.05, 4.69) is 10.2 Å². The van der Waals surface area contributed by atoms with Crippen molar-refractivity contribution in [2.24, 2.45) is 13.0 Å². The number of fused-ring (bicyclic) bond motifs is 1. The monoisotopic (exact) mass is 573 g/mol. The van der Waals surface area contributed by atoms with Gasteiger partial charge in [-0.3, -0.25) is 9.69 Å². The maximum absolute atomic E-state index is 15.9. The molecule has 12 heteroatoms. The number of rotatable bonds is 7. The predicted molar refractivity (Wildman–Crippen MR) is 141 cm³/mol. The zero-order valence-corrected chi connectivity index (χ0v) is 22.6. The molecule has 2 fully saturated rings. The third-order valence-corrected chi connectivity index (χ3v) is 8.58. The van der Waals surface area contributed by atoms with Gasteiger partial charge in [0.1, 0.15) is 6.33 Å². The smallest absolute Gasteiger partial charge is 0.396 e. The van der Waals surface area contributed by atoms with E-state index in [-0.39, 0.29) is 55.8 Å². The van der Waals surface area contributed by atoms with Gasteiger partial charge in [0.25, 0.3) is 5.91 Å². The largest absolute Gasteiger partial charge is 0.416 e. The van der Waals surface area contributed by atoms with Gasteiger partial charge in [0, 0.05) is 38.0 Å². The van der Waals surface area contributed by atoms with Gasteiger partial charge in [-0.15, -0.1) is 10.2 Å². The van der Waals surface area contributed by atoms with Crippen molar-refractivity contribution >= 4 is 11.6 Å². The summed E-state index contributed by atoms with van der Waals surface area (Å²) in [6, 6.07) is 9.42. The highest BCUT2D eigenvalue weighted by Crippen LogP contribution is 2.47. The van der Waals surface area contributed by atoms with Gasteiger partial charge < -0.3 is 19.3 Å². The van der Waals surface area contributed by atoms with Crippen LogP contribution in [0.5, 0.6) is 0 Å². The molecular formula is C29H31F4N5O3. The zero-order chi connectivity index (χ0) is 28.9. The van der Waals surface area contributed by atoms with Gasteiger partial charge in [0.05, 0.1) is 30.7 Å². The van der Waals surface area contributed by atoms with Crippen LogP contribution in [-0.2, 0) is 36.5 Å². The van der Waals surface area contributed by atoms with E-state index in [0.717, 1.165) is 25.5 Å². The number of anilines is 1. The number of likely N-dealkylation sites (tertiary alicyclic amines) is 1. The first-order valence-corrected chi connectivity index (χ1v) is 13.6. The minimum Gasteiger partial charge on any atom is -0.396 e. The molecule has 2 aromatic carbocycles. The molecule has 2 saturated heterocycles. The Morgan fingerprint density at radius 2 is 2.02 bits per heavy atom. The van der Waals surface area contributed by atoms with E-state index in [1.807, 2.05) is 4.90 Å². The van der Waals surface area contributed by atoms with E-state index in [1.165, 1.54) is 15.8 Å². The van der Waals surface area contributed by atoms with Gasteiger partial charge in [-0.25, -0.2) is 4.39 Å². The fourth-order valence-electron chi connectivity index (χ4n) is 6.26. The Bertz CT molecular complexity index is 1450. The van der Waals surface area contributed by atoms with Crippen molar-refractivity contribution in [2.45, 2.75) is 43.7 Å². The number of alkyl halides is 4. The van der Waals surface area contributed by atoms with Crippen LogP contribution in [-0.4, -0.2) is 63.6 Å². The molecule has 0 unspecified atom stereocenters. The number of carbonyl (C=O) groups excluding carboxylic acids is 1. The molecule has 1 amide bonds. The average molecular weight is 574 g/mol. The number of aryl methyl sites for hydroxylation is 1. The molecule has 8 nitrogen and oxygen atoms in total. The fourth-order valence-corrected chi connectivity index (χ4v) is 6.26. The highest BCUT2D eigenvalue weighted by molar-refractivity contribution is 6.10. The Hall–Kier alpha value is -3.35. The van der Waals surface area contributed by atoms with Crippen LogP contribution in [0.15, 0.2) is 42.7 Å². The van der Waals surface area contributed by atoms with E-state index in [4.69, 9.17) is 4.74 Å². The van der Waals surface area contributed by atoms with Crippen molar-refractivity contribution in [2.75, 3.05) is 37.8 Å². The van der Waals surface area contributed by atoms with E-state index in [1.54, 1.807) is 37.4 Å². The molecule has 6 rings (SSSR count). The number of piperidine rings is 1. The molecule has 0 radical (unpaired) electrons. The van der Waals surface area contributed by atoms with Gasteiger partial charge >= 0.3 is 6.18 Å². The zero-order valence-electron chi connectivity index (χ0n) is 22.6. The van der Waals surface area contributed by atoms with E-state index >= 15 is 4.39 Å². The molecule has 0 saturated carbocycles. The lowest BCUT2D eigenvalue weighted by Gasteiger charge is -2.43. The summed E-state index contributed by atoms with van der Waals surface area (Å²) < 4.78 is 65.5. The van der Waals surface area contributed by atoms with Crippen LogP contribution in [0.2, 0.25) is 0 Å². The molecule has 2 atom stereocenters. The van der Waals surface area contributed by atoms with Crippen LogP contribution in [0.25, 0.3) is 0 Å². The van der Waals surface area contributed by atoms with Crippen LogP contribution < -0.4 is 4.90 Å². The van der Waals surface area contributed by atoms with Crippen molar-refractivity contribution in [3.8, 4) is 0 Å². The molecule has 3 aliphatic rings. The molecule has 3 aliphatic heterocycles. The lowest BCUT2D eigenvalue weighted by atomic mass is 9.74. The maximum atomic E-state index is 15.9. The second kappa shape index (κ2) is 10.5. The van der Waals surface area contributed by atoms with Crippen molar-refractivity contribution in [3.63, 3.8) is 0 Å². The summed E-state index contributed by atoms with van der Waals surface area (Å²) >= 11 is 0. The number of hydrogen-bond acceptors (Lipinski definition) is 6. The van der Waals surface area contributed by atoms with Crippen molar-refractivity contribution in [1.29, 1.82) is 0 Å². The highest BCUT2D eigenvalue weighted by Gasteiger charge is 2.51. The molecule has 0 spiro atoms. The van der Waals surface area contributed by atoms with E-state index in [9.17, 15) is 23.1 Å². The number of nitrogens with zero attached hydrogens (tertiary/aromatic N) is 5. The van der Waals surface area contributed by atoms with E-state index in [0.29, 0.717) is 23.4 Å². The predicted octanol–water partition coefficient (Wildman–Crippen LogP) is 4.18. The van der Waals surface area contributed by atoms with Crippen molar-refractivity contribution in [1.82, 2.24) is 19.7 Å². The number of halogens is 4. The normalized spacial score (nSPS) is 21.6. The summed E-state index contributed by atoms with van der Waals surface area (Å²) in [7, 11) is 1.65. The molecular weight excluding hydrogens is 542 g/mol. The summed E-state index contributed by atoms with van der Waals surface area (Å²) in [5.41, 5.74) is -0.543. The summed E-state index contributed by atoms with van der Waals surface area (Å²) in [6.07, 6.45) is -3.03. The Labute approximate surface area is 234 Å². The minimum atomic E-state index is -4.64. The van der Waals surface area contributed by atoms with Gasteiger partial charge in [-0.1, -0.05) is 12.1 Å². The Balaban J connectivity index is 1.31. The first-order chi connectivity index (χ1) is 19.6. The fraction of sp³-hybridized carbons (Fsp3) is 0.483. The molecule has 1 aromatic heterocycles. The molecule has 218 valence electrons. The Morgan fingerprint density at radius 3 is 2.68 bits per heavy atom. The SMILES string of the molecule is Cn1cnnc1[C@H](F)C1(c2cccc(N3Cc4c(cc(CN5CCC[C@@H](CO)C5)cc4C(F)(F)F)C3=O)c2)COC1. The highest BCUT2D eigenvalue weighted by atomic mass is 19.4. The number of amides is 1. The second-order valence-electron chi connectivity index (χ2n) is 11.3. The first kappa shape index (κ1) is 27.8. The molecule has 4 heterocycles. The molecule has 3 aromatic rings. The van der Waals surface area contributed by atoms with Gasteiger partial charge in [0.2, 0.25) is 0 Å². The van der Waals surface area contributed by atoms with Crippen molar-refractivity contribution < 1.29 is 32.2 Å². The third-order valence-electron chi connectivity index (χ3n) is 8.58. The number of hydrogen-bond donors (Lipinski definition) is 1. The molecule has 0 bridgehead atoms. The van der Waals surface area contributed by atoms with Gasteiger partial charge in [-0.2, -0.15) is 13.2 Å². The number of aliphatic hydroxyl groups excluding tert-OH is 1. The van der Waals surface area contributed by atoms with Crippen LogP contribution in [0.1, 0.15) is 57.4 Å². The number of aromatic nitrogens is 3. The third kappa shape index (κ3) is 4.91. The lowest BCUT2D eigenvalue weighted by molar-refractivity contribution is -0.138. The minimum absolute atomic E-state index is 0.0279. The standard InChI is InChI=1S/C29H31F4N5O3/c1-36-17-34-35-26(36)25(30)28(15-41-16-28)20-5-2-6-21(10-20)38-13-23-22(27(38)40)8-19(9-24(23)29(31,32)33)12-37-7-3-4-18(11-37)14-39/h2,5-6,8-10,17-18,25,39H,3-4,7,11-16H2,1H3/t18-,25+/m1/s1. The average Bonchev–Trinajstić information content (AvgIpc) is 3.50. The summed E-state index contributed by atoms with van der Waals surface area (Å²) in [6.45, 7) is 1.55. The number of ether oxygens (including phenoxy) is 1.